The number of carbonyl (C=O) groups excluding carboxylic acids is 2. The van der Waals surface area contributed by atoms with Crippen LogP contribution in [0.1, 0.15) is 72.3 Å². The first-order valence-corrected chi connectivity index (χ1v) is 13.6. The second-order valence-corrected chi connectivity index (χ2v) is 12.1. The monoisotopic (exact) mass is 485 g/mol. The van der Waals surface area contributed by atoms with Crippen molar-refractivity contribution < 1.29 is 14.7 Å². The maximum atomic E-state index is 13.3. The van der Waals surface area contributed by atoms with Gasteiger partial charge >= 0.3 is 0 Å². The smallest absolute Gasteiger partial charge is 0.237 e. The number of ketones is 1. The molecule has 6 heteroatoms. The summed E-state index contributed by atoms with van der Waals surface area (Å²) in [5, 5.41) is 18.0. The van der Waals surface area contributed by atoms with E-state index in [1.54, 1.807) is 0 Å². The summed E-state index contributed by atoms with van der Waals surface area (Å²) in [6.07, 6.45) is 5.72. The zero-order chi connectivity index (χ0) is 25.6. The Bertz CT molecular complexity index is 820. The van der Waals surface area contributed by atoms with Gasteiger partial charge in [-0.1, -0.05) is 63.4 Å². The van der Waals surface area contributed by atoms with Crippen LogP contribution in [0.15, 0.2) is 30.3 Å². The average Bonchev–Trinajstić information content (AvgIpc) is 2.80. The molecule has 0 bridgehead atoms. The second-order valence-electron chi connectivity index (χ2n) is 12.1. The van der Waals surface area contributed by atoms with E-state index in [-0.39, 0.29) is 41.8 Å². The molecular formula is C29H47N3O3. The number of rotatable bonds is 10. The Kier molecular flexibility index (Phi) is 9.91. The molecular weight excluding hydrogens is 438 g/mol. The maximum Gasteiger partial charge on any atom is 0.237 e. The normalized spacial score (nSPS) is 25.1. The van der Waals surface area contributed by atoms with Crippen molar-refractivity contribution in [3.05, 3.63) is 35.9 Å². The number of hydrogen-bond acceptors (Lipinski definition) is 5. The van der Waals surface area contributed by atoms with Crippen LogP contribution >= 0.6 is 0 Å². The number of aliphatic hydroxyl groups is 1. The second kappa shape index (κ2) is 12.5. The number of likely N-dealkylation sites (tertiary alicyclic amines) is 1. The van der Waals surface area contributed by atoms with Crippen LogP contribution in [-0.4, -0.2) is 65.1 Å². The fraction of sp³-hybridized carbons (Fsp3) is 0.724. The van der Waals surface area contributed by atoms with E-state index in [0.29, 0.717) is 24.8 Å². The van der Waals surface area contributed by atoms with Gasteiger partial charge in [-0.05, 0) is 57.4 Å². The maximum absolute atomic E-state index is 13.3. The molecule has 35 heavy (non-hydrogen) atoms. The van der Waals surface area contributed by atoms with Crippen LogP contribution in [-0.2, 0) is 16.0 Å². The van der Waals surface area contributed by atoms with Gasteiger partial charge in [0.05, 0.1) is 18.7 Å². The lowest BCUT2D eigenvalue weighted by atomic mass is 9.72. The number of Topliss-reactive ketones (excluding diaryl/α,β-unsaturated/α-hetero) is 1. The molecule has 2 aliphatic rings. The van der Waals surface area contributed by atoms with Crippen LogP contribution in [0.4, 0.5) is 0 Å². The standard InChI is InChI=1S/C29H47N3O3/c1-20(2)26(33)17-30-24(15-21-11-7-6-8-12-21)27(34)19-32-18-23-14-10-9-13-22(23)16-25(32)28(35)31-29(3,4)5/h6-8,11-12,20,22-25,27,30,34H,9-10,13-19H2,1-5H3,(H,31,35)/t22-,23+,24-,25-,27+/m0/s1. The lowest BCUT2D eigenvalue weighted by Gasteiger charge is -2.47. The number of amides is 1. The van der Waals surface area contributed by atoms with Gasteiger partial charge in [0.25, 0.3) is 0 Å². The summed E-state index contributed by atoms with van der Waals surface area (Å²) in [6.45, 7) is 11.4. The summed E-state index contributed by atoms with van der Waals surface area (Å²) in [4.78, 5) is 27.9. The van der Waals surface area contributed by atoms with Crippen molar-refractivity contribution in [2.75, 3.05) is 19.6 Å². The molecule has 196 valence electrons. The van der Waals surface area contributed by atoms with Crippen LogP contribution < -0.4 is 10.6 Å². The number of hydrogen-bond donors (Lipinski definition) is 3. The number of β-amino-alcohol motifs (C(OH)–C–C–N with tert-alkyl or cyclic N) is 1. The van der Waals surface area contributed by atoms with Crippen molar-refractivity contribution in [3.8, 4) is 0 Å². The van der Waals surface area contributed by atoms with E-state index in [4.69, 9.17) is 0 Å². The summed E-state index contributed by atoms with van der Waals surface area (Å²) >= 11 is 0. The molecule has 3 rings (SSSR count). The Morgan fingerprint density at radius 1 is 1.09 bits per heavy atom. The van der Waals surface area contributed by atoms with Gasteiger partial charge in [-0.25, -0.2) is 0 Å². The van der Waals surface area contributed by atoms with Crippen LogP contribution in [0.5, 0.6) is 0 Å². The quantitative estimate of drug-likeness (QED) is 0.472. The topological polar surface area (TPSA) is 81.7 Å². The van der Waals surface area contributed by atoms with Gasteiger partial charge in [-0.2, -0.15) is 0 Å². The molecule has 0 aromatic heterocycles. The Morgan fingerprint density at radius 2 is 1.74 bits per heavy atom. The zero-order valence-corrected chi connectivity index (χ0v) is 22.4. The number of fused-ring (bicyclic) bond motifs is 1. The molecule has 1 amide bonds. The molecule has 1 saturated heterocycles. The Hall–Kier alpha value is -1.76. The van der Waals surface area contributed by atoms with E-state index in [2.05, 4.69) is 27.7 Å². The third-order valence-electron chi connectivity index (χ3n) is 7.67. The van der Waals surface area contributed by atoms with Crippen molar-refractivity contribution in [2.45, 2.75) is 96.9 Å². The third-order valence-corrected chi connectivity index (χ3v) is 7.67. The van der Waals surface area contributed by atoms with Gasteiger partial charge in [0, 0.05) is 30.6 Å². The van der Waals surface area contributed by atoms with Crippen molar-refractivity contribution in [1.82, 2.24) is 15.5 Å². The van der Waals surface area contributed by atoms with E-state index in [1.807, 2.05) is 52.8 Å². The molecule has 1 aliphatic heterocycles. The minimum absolute atomic E-state index is 0.0483. The molecule has 1 saturated carbocycles. The molecule has 2 fully saturated rings. The third kappa shape index (κ3) is 8.40. The molecule has 0 spiro atoms. The molecule has 1 aromatic rings. The minimum atomic E-state index is -0.694. The number of carbonyl (C=O) groups is 2. The van der Waals surface area contributed by atoms with E-state index >= 15 is 0 Å². The molecule has 5 atom stereocenters. The van der Waals surface area contributed by atoms with Crippen LogP contribution in [0.2, 0.25) is 0 Å². The summed E-state index contributed by atoms with van der Waals surface area (Å²) in [6, 6.07) is 9.60. The summed E-state index contributed by atoms with van der Waals surface area (Å²) in [5.74, 6) is 1.34. The summed E-state index contributed by atoms with van der Waals surface area (Å²) in [7, 11) is 0. The van der Waals surface area contributed by atoms with Crippen LogP contribution in [0.25, 0.3) is 0 Å². The van der Waals surface area contributed by atoms with Crippen molar-refractivity contribution >= 4 is 11.7 Å². The lowest BCUT2D eigenvalue weighted by Crippen LogP contribution is -2.60. The Balaban J connectivity index is 1.75. The molecule has 6 nitrogen and oxygen atoms in total. The molecule has 1 heterocycles. The zero-order valence-electron chi connectivity index (χ0n) is 22.4. The highest BCUT2D eigenvalue weighted by Crippen LogP contribution is 2.38. The predicted molar refractivity (Wildman–Crippen MR) is 141 cm³/mol. The van der Waals surface area contributed by atoms with Gasteiger partial charge in [0.1, 0.15) is 5.78 Å². The summed E-state index contributed by atoms with van der Waals surface area (Å²) in [5.41, 5.74) is 0.827. The number of aliphatic hydroxyl groups excluding tert-OH is 1. The van der Waals surface area contributed by atoms with E-state index in [9.17, 15) is 14.7 Å². The SMILES string of the molecule is CC(C)C(=O)CN[C@@H](Cc1ccccc1)[C@H](O)CN1C[C@H]2CCCC[C@H]2C[C@H]1C(=O)NC(C)(C)C. The Morgan fingerprint density at radius 3 is 2.37 bits per heavy atom. The number of nitrogens with one attached hydrogen (secondary N) is 2. The minimum Gasteiger partial charge on any atom is -0.390 e. The lowest BCUT2D eigenvalue weighted by molar-refractivity contribution is -0.132. The van der Waals surface area contributed by atoms with Crippen molar-refractivity contribution in [1.29, 1.82) is 0 Å². The largest absolute Gasteiger partial charge is 0.390 e. The predicted octanol–water partition coefficient (Wildman–Crippen LogP) is 3.57. The van der Waals surface area contributed by atoms with Gasteiger partial charge < -0.3 is 15.7 Å². The highest BCUT2D eigenvalue weighted by Gasteiger charge is 2.41. The van der Waals surface area contributed by atoms with Crippen molar-refractivity contribution in [3.63, 3.8) is 0 Å². The summed E-state index contributed by atoms with van der Waals surface area (Å²) < 4.78 is 0. The van der Waals surface area contributed by atoms with Gasteiger partial charge in [0.2, 0.25) is 5.91 Å². The van der Waals surface area contributed by atoms with E-state index in [1.165, 1.54) is 25.7 Å². The number of nitrogens with zero attached hydrogens (tertiary/aromatic N) is 1. The fourth-order valence-electron chi connectivity index (χ4n) is 5.64. The van der Waals surface area contributed by atoms with Gasteiger partial charge in [-0.15, -0.1) is 0 Å². The number of benzene rings is 1. The molecule has 0 unspecified atom stereocenters. The first-order valence-electron chi connectivity index (χ1n) is 13.6. The molecule has 1 aromatic carbocycles. The fourth-order valence-corrected chi connectivity index (χ4v) is 5.64. The average molecular weight is 486 g/mol. The van der Waals surface area contributed by atoms with Crippen molar-refractivity contribution in [2.24, 2.45) is 17.8 Å². The molecule has 1 aliphatic carbocycles. The van der Waals surface area contributed by atoms with E-state index in [0.717, 1.165) is 18.5 Å². The number of piperidine rings is 1. The van der Waals surface area contributed by atoms with E-state index < -0.39 is 6.10 Å². The van der Waals surface area contributed by atoms with Crippen LogP contribution in [0, 0.1) is 17.8 Å². The van der Waals surface area contributed by atoms with Gasteiger partial charge in [0.15, 0.2) is 0 Å². The van der Waals surface area contributed by atoms with Gasteiger partial charge in [-0.3, -0.25) is 14.5 Å². The molecule has 3 N–H and O–H groups in total. The first-order chi connectivity index (χ1) is 16.5. The molecule has 0 radical (unpaired) electrons. The highest BCUT2D eigenvalue weighted by molar-refractivity contribution is 5.83. The highest BCUT2D eigenvalue weighted by atomic mass is 16.3. The van der Waals surface area contributed by atoms with Crippen LogP contribution in [0.3, 0.4) is 0 Å². The Labute approximate surface area is 212 Å². The first kappa shape index (κ1) is 27.8.